The minimum Gasteiger partial charge on any atom is -0.383 e. The zero-order valence-electron chi connectivity index (χ0n) is 14.2. The van der Waals surface area contributed by atoms with E-state index >= 15 is 0 Å². The van der Waals surface area contributed by atoms with Crippen LogP contribution in [0.2, 0.25) is 0 Å². The van der Waals surface area contributed by atoms with Crippen LogP contribution in [0.5, 0.6) is 0 Å². The van der Waals surface area contributed by atoms with Crippen LogP contribution in [0.1, 0.15) is 5.56 Å². The summed E-state index contributed by atoms with van der Waals surface area (Å²) in [6.07, 6.45) is 0. The van der Waals surface area contributed by atoms with E-state index in [0.717, 1.165) is 30.2 Å². The number of sulfonamides is 1. The maximum absolute atomic E-state index is 12.2. The van der Waals surface area contributed by atoms with Crippen molar-refractivity contribution in [2.45, 2.75) is 11.4 Å². The topological polar surface area (TPSA) is 97.0 Å². The van der Waals surface area contributed by atoms with Gasteiger partial charge in [0.15, 0.2) is 5.96 Å². The molecule has 1 aliphatic rings. The third kappa shape index (κ3) is 7.29. The molecule has 0 atom stereocenters. The molecule has 25 heavy (non-hydrogen) atoms. The van der Waals surface area contributed by atoms with Gasteiger partial charge in [-0.2, -0.15) is 11.8 Å². The lowest BCUT2D eigenvalue weighted by molar-refractivity contribution is 0.204. The van der Waals surface area contributed by atoms with E-state index < -0.39 is 10.0 Å². The van der Waals surface area contributed by atoms with Crippen molar-refractivity contribution in [2.75, 3.05) is 44.9 Å². The second kappa shape index (κ2) is 11.2. The van der Waals surface area contributed by atoms with Gasteiger partial charge in [0.05, 0.1) is 18.0 Å². The Morgan fingerprint density at radius 3 is 2.80 bits per heavy atom. The summed E-state index contributed by atoms with van der Waals surface area (Å²) in [6.45, 7) is 2.72. The SMILES string of the molecule is COCCNS(=O)(=O)c1cccc(CN=C(N)N2CCSCC2)c1.I. The first kappa shape index (κ1) is 22.5. The molecule has 2 rings (SSSR count). The van der Waals surface area contributed by atoms with E-state index in [9.17, 15) is 8.42 Å². The van der Waals surface area contributed by atoms with Crippen LogP contribution < -0.4 is 10.5 Å². The van der Waals surface area contributed by atoms with Crippen LogP contribution in [0, 0.1) is 0 Å². The van der Waals surface area contributed by atoms with E-state index in [0.29, 0.717) is 19.1 Å². The summed E-state index contributed by atoms with van der Waals surface area (Å²) in [6, 6.07) is 6.74. The number of halogens is 1. The zero-order chi connectivity index (χ0) is 17.4. The number of rotatable bonds is 7. The van der Waals surface area contributed by atoms with E-state index in [2.05, 4.69) is 14.6 Å². The lowest BCUT2D eigenvalue weighted by Crippen LogP contribution is -2.42. The minimum absolute atomic E-state index is 0. The van der Waals surface area contributed by atoms with E-state index in [1.807, 2.05) is 17.8 Å². The summed E-state index contributed by atoms with van der Waals surface area (Å²) in [7, 11) is -2.01. The predicted octanol–water partition coefficient (Wildman–Crippen LogP) is 1.09. The summed E-state index contributed by atoms with van der Waals surface area (Å²) in [5.41, 5.74) is 6.83. The Hall–Kier alpha value is -0.560. The predicted molar refractivity (Wildman–Crippen MR) is 113 cm³/mol. The lowest BCUT2D eigenvalue weighted by atomic mass is 10.2. The number of methoxy groups -OCH3 is 1. The minimum atomic E-state index is -3.54. The van der Waals surface area contributed by atoms with Crippen molar-refractivity contribution in [1.82, 2.24) is 9.62 Å². The summed E-state index contributed by atoms with van der Waals surface area (Å²) in [5.74, 6) is 2.62. The van der Waals surface area contributed by atoms with Crippen LogP contribution in [0.15, 0.2) is 34.2 Å². The Morgan fingerprint density at radius 1 is 1.40 bits per heavy atom. The van der Waals surface area contributed by atoms with E-state index in [1.165, 1.54) is 7.11 Å². The van der Waals surface area contributed by atoms with Crippen LogP contribution in [0.4, 0.5) is 0 Å². The van der Waals surface area contributed by atoms with Crippen molar-refractivity contribution in [1.29, 1.82) is 0 Å². The molecule has 142 valence electrons. The van der Waals surface area contributed by atoms with Gasteiger partial charge in [-0.15, -0.1) is 24.0 Å². The second-order valence-corrected chi connectivity index (χ2v) is 8.30. The number of hydrogen-bond acceptors (Lipinski definition) is 5. The molecule has 0 spiro atoms. The highest BCUT2D eigenvalue weighted by Crippen LogP contribution is 2.13. The Labute approximate surface area is 170 Å². The maximum atomic E-state index is 12.2. The molecule has 0 aromatic heterocycles. The molecule has 1 aromatic rings. The van der Waals surface area contributed by atoms with E-state index in [-0.39, 0.29) is 35.4 Å². The highest BCUT2D eigenvalue weighted by molar-refractivity contribution is 14.0. The molecule has 1 aromatic carbocycles. The van der Waals surface area contributed by atoms with Crippen LogP contribution in [-0.2, 0) is 21.3 Å². The summed E-state index contributed by atoms with van der Waals surface area (Å²) in [5, 5.41) is 0. The van der Waals surface area contributed by atoms with Gasteiger partial charge in [0, 0.05) is 38.2 Å². The molecule has 1 saturated heterocycles. The summed E-state index contributed by atoms with van der Waals surface area (Å²) >= 11 is 1.91. The summed E-state index contributed by atoms with van der Waals surface area (Å²) < 4.78 is 31.8. The molecule has 0 saturated carbocycles. The molecular weight excluding hydrogens is 475 g/mol. The van der Waals surface area contributed by atoms with Gasteiger partial charge in [0.1, 0.15) is 0 Å². The number of nitrogens with one attached hydrogen (secondary N) is 1. The van der Waals surface area contributed by atoms with Gasteiger partial charge in [-0.25, -0.2) is 18.1 Å². The number of hydrogen-bond donors (Lipinski definition) is 2. The lowest BCUT2D eigenvalue weighted by Gasteiger charge is -2.27. The molecule has 1 aliphatic heterocycles. The van der Waals surface area contributed by atoms with Crippen molar-refractivity contribution < 1.29 is 13.2 Å². The van der Waals surface area contributed by atoms with Gasteiger partial charge >= 0.3 is 0 Å². The number of aliphatic imine (C=N–C) groups is 1. The first-order valence-electron chi connectivity index (χ1n) is 7.73. The molecule has 7 nitrogen and oxygen atoms in total. The molecule has 0 amide bonds. The van der Waals surface area contributed by atoms with Gasteiger partial charge in [-0.3, -0.25) is 0 Å². The fourth-order valence-corrected chi connectivity index (χ4v) is 4.22. The molecule has 3 N–H and O–H groups in total. The average Bonchev–Trinajstić information content (AvgIpc) is 2.61. The van der Waals surface area contributed by atoms with Crippen molar-refractivity contribution in [2.24, 2.45) is 10.7 Å². The second-order valence-electron chi connectivity index (χ2n) is 5.31. The Morgan fingerprint density at radius 2 is 2.12 bits per heavy atom. The normalized spacial score (nSPS) is 15.7. The van der Waals surface area contributed by atoms with Crippen LogP contribution in [0.25, 0.3) is 0 Å². The smallest absolute Gasteiger partial charge is 0.240 e. The molecule has 0 bridgehead atoms. The van der Waals surface area contributed by atoms with Gasteiger partial charge in [0.2, 0.25) is 10.0 Å². The Bertz CT molecular complexity index is 664. The largest absolute Gasteiger partial charge is 0.383 e. The standard InChI is InChI=1S/C15H24N4O3S2.HI/c1-22-8-5-18-24(20,21)14-4-2-3-13(11-14)12-17-15(16)19-6-9-23-10-7-19;/h2-4,11,18H,5-10,12H2,1H3,(H2,16,17);1H. The van der Waals surface area contributed by atoms with Gasteiger partial charge in [-0.05, 0) is 17.7 Å². The number of nitrogens with zero attached hydrogens (tertiary/aromatic N) is 2. The number of nitrogens with two attached hydrogens (primary N) is 1. The number of guanidine groups is 1. The highest BCUT2D eigenvalue weighted by atomic mass is 127. The highest BCUT2D eigenvalue weighted by Gasteiger charge is 2.14. The van der Waals surface area contributed by atoms with Crippen molar-refractivity contribution in [3.8, 4) is 0 Å². The Balaban J connectivity index is 0.00000312. The fraction of sp³-hybridized carbons (Fsp3) is 0.533. The number of thioether (sulfide) groups is 1. The average molecular weight is 500 g/mol. The van der Waals surface area contributed by atoms with E-state index in [1.54, 1.807) is 18.2 Å². The zero-order valence-corrected chi connectivity index (χ0v) is 18.1. The molecule has 1 heterocycles. The number of benzene rings is 1. The van der Waals surface area contributed by atoms with Crippen LogP contribution >= 0.6 is 35.7 Å². The molecule has 10 heteroatoms. The molecule has 0 aliphatic carbocycles. The van der Waals surface area contributed by atoms with Crippen LogP contribution in [-0.4, -0.2) is 64.1 Å². The quantitative estimate of drug-likeness (QED) is 0.252. The van der Waals surface area contributed by atoms with Gasteiger partial charge in [0.25, 0.3) is 0 Å². The third-order valence-corrected chi connectivity index (χ3v) is 5.97. The van der Waals surface area contributed by atoms with Crippen molar-refractivity contribution in [3.05, 3.63) is 29.8 Å². The molecular formula is C15H25IN4O3S2. The maximum Gasteiger partial charge on any atom is 0.240 e. The summed E-state index contributed by atoms with van der Waals surface area (Å²) in [4.78, 5) is 6.67. The number of ether oxygens (including phenoxy) is 1. The molecule has 0 unspecified atom stereocenters. The Kier molecular flexibility index (Phi) is 10.1. The molecule has 0 radical (unpaired) electrons. The fourth-order valence-electron chi connectivity index (χ4n) is 2.24. The molecule has 1 fully saturated rings. The van der Waals surface area contributed by atoms with E-state index in [4.69, 9.17) is 10.5 Å². The van der Waals surface area contributed by atoms with Crippen molar-refractivity contribution >= 4 is 51.7 Å². The van der Waals surface area contributed by atoms with Crippen LogP contribution in [0.3, 0.4) is 0 Å². The van der Waals surface area contributed by atoms with Gasteiger partial charge < -0.3 is 15.4 Å². The first-order chi connectivity index (χ1) is 11.5. The van der Waals surface area contributed by atoms with Gasteiger partial charge in [-0.1, -0.05) is 12.1 Å². The third-order valence-electron chi connectivity index (χ3n) is 3.57. The first-order valence-corrected chi connectivity index (χ1v) is 10.4. The van der Waals surface area contributed by atoms with Crippen molar-refractivity contribution in [3.63, 3.8) is 0 Å². The monoisotopic (exact) mass is 500 g/mol.